The van der Waals surface area contributed by atoms with Crippen LogP contribution in [0.5, 0.6) is 0 Å². The summed E-state index contributed by atoms with van der Waals surface area (Å²) in [6, 6.07) is 0. The first kappa shape index (κ1) is 11.4. The van der Waals surface area contributed by atoms with Gasteiger partial charge in [0.25, 0.3) is 0 Å². The lowest BCUT2D eigenvalue weighted by Crippen LogP contribution is -2.35. The van der Waals surface area contributed by atoms with Crippen LogP contribution >= 0.6 is 0 Å². The predicted octanol–water partition coefficient (Wildman–Crippen LogP) is 0.870. The highest BCUT2D eigenvalue weighted by molar-refractivity contribution is 5.85. The highest BCUT2D eigenvalue weighted by Crippen LogP contribution is 2.01. The molecule has 6 heteroatoms. The first-order valence-corrected chi connectivity index (χ1v) is 3.67. The van der Waals surface area contributed by atoms with Gasteiger partial charge >= 0.3 is 12.2 Å². The maximum Gasteiger partial charge on any atom is 0.416 e. The Balaban J connectivity index is 4.05. The molecule has 0 aliphatic carbocycles. The van der Waals surface area contributed by atoms with Gasteiger partial charge in [-0.1, -0.05) is 6.92 Å². The second-order valence-electron chi connectivity index (χ2n) is 2.62. The van der Waals surface area contributed by atoms with E-state index in [1.807, 2.05) is 0 Å². The Labute approximate surface area is 74.8 Å². The minimum absolute atomic E-state index is 0.176. The second-order valence-corrected chi connectivity index (χ2v) is 2.62. The average Bonchev–Trinajstić information content (AvgIpc) is 2.03. The van der Waals surface area contributed by atoms with Crippen molar-refractivity contribution in [3.05, 3.63) is 0 Å². The van der Waals surface area contributed by atoms with Crippen LogP contribution in [-0.2, 0) is 4.79 Å². The van der Waals surface area contributed by atoms with Crippen molar-refractivity contribution in [2.24, 2.45) is 5.92 Å². The third-order valence-corrected chi connectivity index (χ3v) is 1.50. The number of nitrogens with zero attached hydrogens (tertiary/aromatic N) is 1. The van der Waals surface area contributed by atoms with Crippen molar-refractivity contribution < 1.29 is 24.6 Å². The van der Waals surface area contributed by atoms with E-state index in [9.17, 15) is 14.4 Å². The van der Waals surface area contributed by atoms with Crippen LogP contribution in [0.15, 0.2) is 0 Å². The van der Waals surface area contributed by atoms with Crippen LogP contribution in [0.4, 0.5) is 9.59 Å². The first-order chi connectivity index (χ1) is 5.99. The van der Waals surface area contributed by atoms with E-state index in [1.165, 1.54) is 0 Å². The molecule has 0 rings (SSSR count). The minimum atomic E-state index is -1.52. The molecule has 0 spiro atoms. The molecule has 0 bridgehead atoms. The number of carboxylic acid groups (broad SMARTS) is 2. The van der Waals surface area contributed by atoms with E-state index in [1.54, 1.807) is 6.92 Å². The van der Waals surface area contributed by atoms with Crippen LogP contribution in [0.2, 0.25) is 0 Å². The Morgan fingerprint density at radius 3 is 2.15 bits per heavy atom. The van der Waals surface area contributed by atoms with Gasteiger partial charge in [-0.05, 0) is 6.42 Å². The Morgan fingerprint density at radius 2 is 1.85 bits per heavy atom. The van der Waals surface area contributed by atoms with E-state index >= 15 is 0 Å². The topological polar surface area (TPSA) is 94.9 Å². The summed E-state index contributed by atoms with van der Waals surface area (Å²) in [6.45, 7) is 1.42. The maximum absolute atomic E-state index is 10.3. The van der Waals surface area contributed by atoms with Crippen LogP contribution in [0.1, 0.15) is 13.3 Å². The summed E-state index contributed by atoms with van der Waals surface area (Å²) in [7, 11) is 0. The van der Waals surface area contributed by atoms with E-state index in [0.29, 0.717) is 6.29 Å². The van der Waals surface area contributed by atoms with E-state index in [4.69, 9.17) is 10.2 Å². The lowest BCUT2D eigenvalue weighted by molar-refractivity contribution is -0.110. The smallest absolute Gasteiger partial charge is 0.416 e. The fourth-order valence-corrected chi connectivity index (χ4v) is 0.674. The van der Waals surface area contributed by atoms with Gasteiger partial charge in [-0.25, -0.2) is 14.5 Å². The summed E-state index contributed by atoms with van der Waals surface area (Å²) in [5.41, 5.74) is 0. The molecular formula is C7H11NO5. The Morgan fingerprint density at radius 1 is 1.38 bits per heavy atom. The van der Waals surface area contributed by atoms with E-state index in [0.717, 1.165) is 0 Å². The minimum Gasteiger partial charge on any atom is -0.465 e. The van der Waals surface area contributed by atoms with Gasteiger partial charge in [0.2, 0.25) is 0 Å². The number of carbonyl (C=O) groups excluding carboxylic acids is 1. The maximum atomic E-state index is 10.3. The molecule has 0 aromatic carbocycles. The number of amides is 2. The second kappa shape index (κ2) is 5.13. The van der Waals surface area contributed by atoms with Crippen LogP contribution in [0.25, 0.3) is 0 Å². The molecular weight excluding hydrogens is 178 g/mol. The Kier molecular flexibility index (Phi) is 4.50. The molecule has 0 saturated heterocycles. The molecule has 74 valence electrons. The number of hydrogen-bond acceptors (Lipinski definition) is 3. The lowest BCUT2D eigenvalue weighted by Gasteiger charge is -2.13. The molecule has 1 atom stereocenters. The lowest BCUT2D eigenvalue weighted by atomic mass is 10.1. The van der Waals surface area contributed by atoms with Gasteiger partial charge in [-0.15, -0.1) is 0 Å². The van der Waals surface area contributed by atoms with Crippen LogP contribution < -0.4 is 0 Å². The van der Waals surface area contributed by atoms with Crippen molar-refractivity contribution in [2.45, 2.75) is 13.3 Å². The summed E-state index contributed by atoms with van der Waals surface area (Å²) in [5, 5.41) is 16.8. The zero-order valence-corrected chi connectivity index (χ0v) is 7.14. The van der Waals surface area contributed by atoms with E-state index < -0.39 is 12.2 Å². The molecule has 0 saturated carbocycles. The van der Waals surface area contributed by atoms with Crippen LogP contribution in [0.3, 0.4) is 0 Å². The van der Waals surface area contributed by atoms with E-state index in [2.05, 4.69) is 0 Å². The van der Waals surface area contributed by atoms with Gasteiger partial charge in [-0.2, -0.15) is 0 Å². The van der Waals surface area contributed by atoms with Crippen molar-refractivity contribution >= 4 is 18.5 Å². The Bertz CT molecular complexity index is 201. The van der Waals surface area contributed by atoms with Crippen molar-refractivity contribution in [1.82, 2.24) is 4.90 Å². The van der Waals surface area contributed by atoms with Gasteiger partial charge in [0.15, 0.2) is 0 Å². The standard InChI is InChI=1S/C7H11NO5/c1-5(4-9)2-3-8(6(10)11)7(12)13/h4-5H,2-3H2,1H3,(H,10,11)(H,12,13)/t5-/m1/s1. The summed E-state index contributed by atoms with van der Waals surface area (Å²) >= 11 is 0. The number of rotatable bonds is 4. The molecule has 13 heavy (non-hydrogen) atoms. The zero-order valence-electron chi connectivity index (χ0n) is 7.14. The fraction of sp³-hybridized carbons (Fsp3) is 0.571. The van der Waals surface area contributed by atoms with Gasteiger partial charge in [0, 0.05) is 12.5 Å². The molecule has 0 aromatic heterocycles. The van der Waals surface area contributed by atoms with Crippen molar-refractivity contribution in [1.29, 1.82) is 0 Å². The molecule has 0 heterocycles. The van der Waals surface area contributed by atoms with Crippen LogP contribution in [-0.4, -0.2) is 40.1 Å². The number of hydrogen-bond donors (Lipinski definition) is 2. The summed E-state index contributed by atoms with van der Waals surface area (Å²) in [5.74, 6) is -0.332. The van der Waals surface area contributed by atoms with Crippen LogP contribution in [0, 0.1) is 5.92 Å². The molecule has 2 amide bonds. The molecule has 0 fully saturated rings. The number of imide groups is 1. The predicted molar refractivity (Wildman–Crippen MR) is 42.6 cm³/mol. The fourth-order valence-electron chi connectivity index (χ4n) is 0.674. The third-order valence-electron chi connectivity index (χ3n) is 1.50. The van der Waals surface area contributed by atoms with Gasteiger partial charge in [0.1, 0.15) is 6.29 Å². The largest absolute Gasteiger partial charge is 0.465 e. The normalized spacial score (nSPS) is 11.8. The van der Waals surface area contributed by atoms with Crippen molar-refractivity contribution in [3.63, 3.8) is 0 Å². The average molecular weight is 189 g/mol. The molecule has 6 nitrogen and oxygen atoms in total. The van der Waals surface area contributed by atoms with E-state index in [-0.39, 0.29) is 23.8 Å². The number of aldehydes is 1. The monoisotopic (exact) mass is 189 g/mol. The number of carbonyl (C=O) groups is 3. The first-order valence-electron chi connectivity index (χ1n) is 3.67. The Hall–Kier alpha value is -1.59. The molecule has 2 N–H and O–H groups in total. The molecule has 0 aliphatic heterocycles. The third kappa shape index (κ3) is 4.09. The molecule has 0 unspecified atom stereocenters. The summed E-state index contributed by atoms with van der Waals surface area (Å²) in [4.78, 5) is 31.0. The summed E-state index contributed by atoms with van der Waals surface area (Å²) in [6.07, 6.45) is -2.18. The van der Waals surface area contributed by atoms with Gasteiger partial charge in [-0.3, -0.25) is 0 Å². The SMILES string of the molecule is C[C@@H](C=O)CCN(C(=O)O)C(=O)O. The molecule has 0 aromatic rings. The highest BCUT2D eigenvalue weighted by Gasteiger charge is 2.19. The molecule has 0 radical (unpaired) electrons. The van der Waals surface area contributed by atoms with Crippen molar-refractivity contribution in [3.8, 4) is 0 Å². The highest BCUT2D eigenvalue weighted by atomic mass is 16.4. The van der Waals surface area contributed by atoms with Crippen molar-refractivity contribution in [2.75, 3.05) is 6.54 Å². The molecule has 0 aliphatic rings. The quantitative estimate of drug-likeness (QED) is 0.640. The zero-order chi connectivity index (χ0) is 10.4. The van der Waals surface area contributed by atoms with Gasteiger partial charge < -0.3 is 15.0 Å². The van der Waals surface area contributed by atoms with Gasteiger partial charge in [0.05, 0.1) is 0 Å². The summed E-state index contributed by atoms with van der Waals surface area (Å²) < 4.78 is 0.